The van der Waals surface area contributed by atoms with E-state index in [2.05, 4.69) is 0 Å². The molecular formula is C9H20N2O3. The van der Waals surface area contributed by atoms with Crippen LogP contribution in [0.5, 0.6) is 0 Å². The zero-order valence-corrected chi connectivity index (χ0v) is 9.12. The van der Waals surface area contributed by atoms with Crippen molar-refractivity contribution in [3.63, 3.8) is 0 Å². The second-order valence-corrected chi connectivity index (χ2v) is 3.77. The zero-order valence-electron chi connectivity index (χ0n) is 9.12. The topological polar surface area (TPSA) is 75.8 Å². The van der Waals surface area contributed by atoms with E-state index in [1.54, 1.807) is 7.11 Å². The Morgan fingerprint density at radius 2 is 2.14 bits per heavy atom. The van der Waals surface area contributed by atoms with E-state index in [0.717, 1.165) is 6.54 Å². The largest absolute Gasteiger partial charge is 0.480 e. The number of carboxylic acids is 1. The van der Waals surface area contributed by atoms with Crippen LogP contribution >= 0.6 is 0 Å². The van der Waals surface area contributed by atoms with Crippen LogP contribution in [0.3, 0.4) is 0 Å². The van der Waals surface area contributed by atoms with Gasteiger partial charge >= 0.3 is 5.97 Å². The summed E-state index contributed by atoms with van der Waals surface area (Å²) in [7, 11) is 3.55. The molecular weight excluding hydrogens is 184 g/mol. The maximum Gasteiger partial charge on any atom is 0.323 e. The predicted molar refractivity (Wildman–Crippen MR) is 54.2 cm³/mol. The van der Waals surface area contributed by atoms with E-state index < -0.39 is 11.5 Å². The lowest BCUT2D eigenvalue weighted by Crippen LogP contribution is -2.47. The molecule has 5 nitrogen and oxygen atoms in total. The molecule has 0 aromatic carbocycles. The van der Waals surface area contributed by atoms with Gasteiger partial charge in [-0.2, -0.15) is 0 Å². The van der Waals surface area contributed by atoms with E-state index in [9.17, 15) is 4.79 Å². The van der Waals surface area contributed by atoms with E-state index >= 15 is 0 Å². The van der Waals surface area contributed by atoms with Gasteiger partial charge in [0.25, 0.3) is 0 Å². The maximum atomic E-state index is 10.7. The summed E-state index contributed by atoms with van der Waals surface area (Å²) < 4.78 is 4.90. The number of hydrogen-bond acceptors (Lipinski definition) is 4. The number of rotatable bonds is 7. The van der Waals surface area contributed by atoms with Crippen LogP contribution in [0.1, 0.15) is 13.3 Å². The second kappa shape index (κ2) is 5.95. The Kier molecular flexibility index (Phi) is 5.68. The normalized spacial score (nSPS) is 15.5. The monoisotopic (exact) mass is 204 g/mol. The average molecular weight is 204 g/mol. The minimum atomic E-state index is -1.14. The minimum Gasteiger partial charge on any atom is -0.480 e. The molecule has 0 aromatic heterocycles. The summed E-state index contributed by atoms with van der Waals surface area (Å²) in [6.45, 7) is 3.61. The van der Waals surface area contributed by atoms with Gasteiger partial charge in [-0.1, -0.05) is 0 Å². The van der Waals surface area contributed by atoms with Gasteiger partial charge < -0.3 is 20.5 Å². The Hall–Kier alpha value is -0.650. The van der Waals surface area contributed by atoms with E-state index in [4.69, 9.17) is 15.6 Å². The molecule has 0 fully saturated rings. The van der Waals surface area contributed by atoms with E-state index in [1.807, 2.05) is 11.9 Å². The summed E-state index contributed by atoms with van der Waals surface area (Å²) in [4.78, 5) is 12.7. The lowest BCUT2D eigenvalue weighted by molar-refractivity contribution is -0.143. The first-order chi connectivity index (χ1) is 6.40. The highest BCUT2D eigenvalue weighted by Gasteiger charge is 2.27. The molecule has 3 N–H and O–H groups in total. The first kappa shape index (κ1) is 13.4. The van der Waals surface area contributed by atoms with Crippen molar-refractivity contribution >= 4 is 5.97 Å². The van der Waals surface area contributed by atoms with Gasteiger partial charge in [0.05, 0.1) is 6.61 Å². The van der Waals surface area contributed by atoms with Crippen LogP contribution in [0.4, 0.5) is 0 Å². The molecule has 0 heterocycles. The number of nitrogens with two attached hydrogens (primary N) is 1. The van der Waals surface area contributed by atoms with Crippen LogP contribution in [0, 0.1) is 0 Å². The fraction of sp³-hybridized carbons (Fsp3) is 0.889. The molecule has 1 unspecified atom stereocenters. The van der Waals surface area contributed by atoms with Crippen LogP contribution in [0.15, 0.2) is 0 Å². The number of aliphatic carboxylic acids is 1. The Morgan fingerprint density at radius 3 is 2.57 bits per heavy atom. The van der Waals surface area contributed by atoms with Gasteiger partial charge in [-0.3, -0.25) is 4.79 Å². The fourth-order valence-corrected chi connectivity index (χ4v) is 0.889. The van der Waals surface area contributed by atoms with Gasteiger partial charge in [0.15, 0.2) is 0 Å². The fourth-order valence-electron chi connectivity index (χ4n) is 0.889. The van der Waals surface area contributed by atoms with Gasteiger partial charge in [-0.25, -0.2) is 0 Å². The molecule has 0 aliphatic heterocycles. The number of ether oxygens (including phenoxy) is 1. The molecule has 0 aliphatic rings. The molecule has 0 bridgehead atoms. The standard InChI is InChI=1S/C9H20N2O3/c1-9(10,8(12)13)4-5-11(2)6-7-14-3/h4-7,10H2,1-3H3,(H,12,13). The third-order valence-electron chi connectivity index (χ3n) is 2.18. The number of nitrogens with zero attached hydrogens (tertiary/aromatic N) is 1. The van der Waals surface area contributed by atoms with Crippen molar-refractivity contribution in [3.8, 4) is 0 Å². The maximum absolute atomic E-state index is 10.7. The molecule has 0 spiro atoms. The van der Waals surface area contributed by atoms with Crippen molar-refractivity contribution in [3.05, 3.63) is 0 Å². The highest BCUT2D eigenvalue weighted by atomic mass is 16.5. The van der Waals surface area contributed by atoms with Crippen LogP contribution in [-0.2, 0) is 9.53 Å². The number of carbonyl (C=O) groups is 1. The van der Waals surface area contributed by atoms with Gasteiger partial charge in [-0.15, -0.1) is 0 Å². The van der Waals surface area contributed by atoms with Crippen molar-refractivity contribution in [1.29, 1.82) is 0 Å². The lowest BCUT2D eigenvalue weighted by atomic mass is 10.00. The Labute approximate surface area is 84.8 Å². The summed E-state index contributed by atoms with van der Waals surface area (Å²) in [5, 5.41) is 8.76. The average Bonchev–Trinajstić information content (AvgIpc) is 2.11. The van der Waals surface area contributed by atoms with Crippen LogP contribution in [-0.4, -0.2) is 55.4 Å². The molecule has 1 atom stereocenters. The molecule has 0 radical (unpaired) electrons. The Bertz CT molecular complexity index is 183. The second-order valence-electron chi connectivity index (χ2n) is 3.77. The quantitative estimate of drug-likeness (QED) is 0.598. The van der Waals surface area contributed by atoms with Gasteiger partial charge in [0.2, 0.25) is 0 Å². The summed E-state index contributed by atoms with van der Waals surface area (Å²) >= 11 is 0. The van der Waals surface area contributed by atoms with E-state index in [0.29, 0.717) is 19.6 Å². The van der Waals surface area contributed by atoms with E-state index in [-0.39, 0.29) is 0 Å². The van der Waals surface area contributed by atoms with Crippen LogP contribution < -0.4 is 5.73 Å². The van der Waals surface area contributed by atoms with Gasteiger partial charge in [-0.05, 0) is 20.4 Å². The van der Waals surface area contributed by atoms with E-state index in [1.165, 1.54) is 6.92 Å². The highest BCUT2D eigenvalue weighted by Crippen LogP contribution is 2.06. The van der Waals surface area contributed by atoms with Gasteiger partial charge in [0, 0.05) is 20.2 Å². The number of methoxy groups -OCH3 is 1. The van der Waals surface area contributed by atoms with Crippen molar-refractivity contribution in [1.82, 2.24) is 4.90 Å². The molecule has 0 saturated carbocycles. The Morgan fingerprint density at radius 1 is 1.57 bits per heavy atom. The molecule has 5 heteroatoms. The number of likely N-dealkylation sites (N-methyl/N-ethyl adjacent to an activating group) is 1. The summed E-state index contributed by atoms with van der Waals surface area (Å²) in [5.74, 6) is -0.961. The molecule has 84 valence electrons. The smallest absolute Gasteiger partial charge is 0.323 e. The highest BCUT2D eigenvalue weighted by molar-refractivity contribution is 5.77. The Balaban J connectivity index is 3.75. The molecule has 0 aliphatic carbocycles. The first-order valence-electron chi connectivity index (χ1n) is 4.60. The van der Waals surface area contributed by atoms with Crippen molar-refractivity contribution in [2.24, 2.45) is 5.73 Å². The van der Waals surface area contributed by atoms with Crippen molar-refractivity contribution < 1.29 is 14.6 Å². The number of hydrogen-bond donors (Lipinski definition) is 2. The molecule has 14 heavy (non-hydrogen) atoms. The van der Waals surface area contributed by atoms with Crippen LogP contribution in [0.25, 0.3) is 0 Å². The molecule has 0 aromatic rings. The van der Waals surface area contributed by atoms with Crippen LogP contribution in [0.2, 0.25) is 0 Å². The molecule has 0 rings (SSSR count). The zero-order chi connectivity index (χ0) is 11.2. The lowest BCUT2D eigenvalue weighted by Gasteiger charge is -2.23. The van der Waals surface area contributed by atoms with Crippen molar-refractivity contribution in [2.75, 3.05) is 33.9 Å². The summed E-state index contributed by atoms with van der Waals surface area (Å²) in [6, 6.07) is 0. The van der Waals surface area contributed by atoms with Crippen molar-refractivity contribution in [2.45, 2.75) is 18.9 Å². The number of carboxylic acid groups (broad SMARTS) is 1. The molecule has 0 amide bonds. The van der Waals surface area contributed by atoms with Gasteiger partial charge in [0.1, 0.15) is 5.54 Å². The third kappa shape index (κ3) is 5.16. The SMILES string of the molecule is COCCN(C)CCC(C)(N)C(=O)O. The molecule has 0 saturated heterocycles. The summed E-state index contributed by atoms with van der Waals surface area (Å²) in [6.07, 6.45) is 0.433. The first-order valence-corrected chi connectivity index (χ1v) is 4.60. The summed E-state index contributed by atoms with van der Waals surface area (Å²) in [5.41, 5.74) is 4.44. The minimum absolute atomic E-state index is 0.433. The third-order valence-corrected chi connectivity index (χ3v) is 2.18. The predicted octanol–water partition coefficient (Wildman–Crippen LogP) is -0.243.